The molecule has 0 aliphatic rings. The highest BCUT2D eigenvalue weighted by Gasteiger charge is 2.08. The minimum absolute atomic E-state index is 0.515. The minimum atomic E-state index is 0.515. The lowest BCUT2D eigenvalue weighted by atomic mass is 10.1. The van der Waals surface area contributed by atoms with Crippen molar-refractivity contribution in [3.05, 3.63) is 71.6 Å². The molecule has 0 radical (unpaired) electrons. The smallest absolute Gasteiger partial charge is 0.226 e. The Morgan fingerprint density at radius 1 is 1.11 bits per heavy atom. The van der Waals surface area contributed by atoms with Crippen LogP contribution in [0.3, 0.4) is 0 Å². The van der Waals surface area contributed by atoms with E-state index in [2.05, 4.69) is 32.7 Å². The highest BCUT2D eigenvalue weighted by molar-refractivity contribution is 5.79. The van der Waals surface area contributed by atoms with E-state index in [9.17, 15) is 0 Å². The summed E-state index contributed by atoms with van der Waals surface area (Å²) in [6.45, 7) is 3.17. The number of aryl methyl sites for hydroxylation is 1. The van der Waals surface area contributed by atoms with E-state index in [1.165, 1.54) is 5.56 Å². The van der Waals surface area contributed by atoms with Crippen LogP contribution in [0.5, 0.6) is 5.75 Å². The predicted octanol–water partition coefficient (Wildman–Crippen LogP) is 3.52. The lowest BCUT2D eigenvalue weighted by molar-refractivity contribution is 0.408. The van der Waals surface area contributed by atoms with Gasteiger partial charge in [-0.05, 0) is 30.7 Å². The van der Waals surface area contributed by atoms with E-state index in [1.54, 1.807) is 20.4 Å². The molecule has 6 nitrogen and oxygen atoms in total. The summed E-state index contributed by atoms with van der Waals surface area (Å²) in [5.41, 5.74) is 4.00. The molecule has 1 heterocycles. The molecule has 3 rings (SSSR count). The Morgan fingerprint density at radius 3 is 2.63 bits per heavy atom. The van der Waals surface area contributed by atoms with E-state index < -0.39 is 0 Å². The van der Waals surface area contributed by atoms with Crippen molar-refractivity contribution < 1.29 is 9.15 Å². The van der Waals surface area contributed by atoms with Gasteiger partial charge in [0.2, 0.25) is 5.89 Å². The van der Waals surface area contributed by atoms with Gasteiger partial charge < -0.3 is 19.8 Å². The van der Waals surface area contributed by atoms with Crippen LogP contribution in [0.15, 0.2) is 64.2 Å². The molecule has 2 N–H and O–H groups in total. The number of aliphatic imine (C=N–C) groups is 1. The van der Waals surface area contributed by atoms with Gasteiger partial charge in [0.05, 0.1) is 19.3 Å². The van der Waals surface area contributed by atoms with Gasteiger partial charge in [-0.15, -0.1) is 0 Å². The summed E-state index contributed by atoms with van der Waals surface area (Å²) < 4.78 is 11.0. The van der Waals surface area contributed by atoms with Crippen LogP contribution in [0.1, 0.15) is 16.8 Å². The first kappa shape index (κ1) is 18.5. The Labute approximate surface area is 159 Å². The predicted molar refractivity (Wildman–Crippen MR) is 107 cm³/mol. The summed E-state index contributed by atoms with van der Waals surface area (Å²) >= 11 is 0. The molecule has 0 amide bonds. The zero-order chi connectivity index (χ0) is 19.1. The van der Waals surface area contributed by atoms with Gasteiger partial charge in [-0.3, -0.25) is 4.99 Å². The Bertz CT molecular complexity index is 904. The second-order valence-electron chi connectivity index (χ2n) is 6.10. The van der Waals surface area contributed by atoms with Crippen LogP contribution in [0, 0.1) is 6.92 Å². The summed E-state index contributed by atoms with van der Waals surface area (Å²) in [5, 5.41) is 6.53. The monoisotopic (exact) mass is 364 g/mol. The average molecular weight is 364 g/mol. The number of methoxy groups -OCH3 is 1. The van der Waals surface area contributed by atoms with Crippen LogP contribution >= 0.6 is 0 Å². The maximum atomic E-state index is 5.56. The molecule has 0 aliphatic heterocycles. The first-order chi connectivity index (χ1) is 13.2. The van der Waals surface area contributed by atoms with Gasteiger partial charge in [-0.1, -0.05) is 30.3 Å². The minimum Gasteiger partial charge on any atom is -0.496 e. The molecule has 0 spiro atoms. The molecule has 0 saturated carbocycles. The van der Waals surface area contributed by atoms with E-state index >= 15 is 0 Å². The fourth-order valence-electron chi connectivity index (χ4n) is 2.67. The van der Waals surface area contributed by atoms with Crippen LogP contribution in [-0.4, -0.2) is 25.1 Å². The van der Waals surface area contributed by atoms with Crippen molar-refractivity contribution in [2.75, 3.05) is 14.2 Å². The average Bonchev–Trinajstić information content (AvgIpc) is 3.18. The molecule has 0 aliphatic carbocycles. The molecule has 0 fully saturated rings. The van der Waals surface area contributed by atoms with Crippen molar-refractivity contribution >= 4 is 5.96 Å². The maximum absolute atomic E-state index is 5.56. The van der Waals surface area contributed by atoms with Gasteiger partial charge in [0.1, 0.15) is 12.0 Å². The zero-order valence-electron chi connectivity index (χ0n) is 15.8. The highest BCUT2D eigenvalue weighted by Crippen LogP contribution is 2.20. The molecule has 140 valence electrons. The first-order valence-electron chi connectivity index (χ1n) is 8.77. The molecule has 0 unspecified atom stereocenters. The summed E-state index contributed by atoms with van der Waals surface area (Å²) in [4.78, 5) is 8.76. The van der Waals surface area contributed by atoms with E-state index in [0.29, 0.717) is 24.9 Å². The topological polar surface area (TPSA) is 71.7 Å². The van der Waals surface area contributed by atoms with Crippen LogP contribution in [0.25, 0.3) is 11.5 Å². The molecule has 0 bridgehead atoms. The fraction of sp³-hybridized carbons (Fsp3) is 0.238. The molecule has 0 saturated heterocycles. The number of hydrogen-bond acceptors (Lipinski definition) is 4. The third-order valence-electron chi connectivity index (χ3n) is 4.12. The van der Waals surface area contributed by atoms with Crippen molar-refractivity contribution in [3.63, 3.8) is 0 Å². The van der Waals surface area contributed by atoms with Gasteiger partial charge in [0.25, 0.3) is 0 Å². The highest BCUT2D eigenvalue weighted by atomic mass is 16.5. The van der Waals surface area contributed by atoms with Crippen molar-refractivity contribution in [2.45, 2.75) is 20.0 Å². The number of benzene rings is 2. The molecule has 6 heteroatoms. The van der Waals surface area contributed by atoms with Gasteiger partial charge in [-0.2, -0.15) is 0 Å². The van der Waals surface area contributed by atoms with E-state index in [4.69, 9.17) is 9.15 Å². The molecule has 0 atom stereocenters. The molecule has 2 aromatic carbocycles. The molecular formula is C21H24N4O2. The third-order valence-corrected chi connectivity index (χ3v) is 4.12. The maximum Gasteiger partial charge on any atom is 0.226 e. The number of oxazole rings is 1. The summed E-state index contributed by atoms with van der Waals surface area (Å²) in [6.07, 6.45) is 1.66. The van der Waals surface area contributed by atoms with Crippen LogP contribution in [-0.2, 0) is 13.1 Å². The Morgan fingerprint density at radius 2 is 1.89 bits per heavy atom. The number of aromatic nitrogens is 1. The zero-order valence-corrected chi connectivity index (χ0v) is 15.8. The number of hydrogen-bond donors (Lipinski definition) is 2. The van der Waals surface area contributed by atoms with Gasteiger partial charge in [0, 0.05) is 24.7 Å². The summed E-state index contributed by atoms with van der Waals surface area (Å²) in [6, 6.07) is 16.0. The number of rotatable bonds is 6. The number of ether oxygens (including phenoxy) is 1. The van der Waals surface area contributed by atoms with E-state index in [0.717, 1.165) is 22.6 Å². The number of nitrogens with one attached hydrogen (secondary N) is 2. The van der Waals surface area contributed by atoms with Crippen molar-refractivity contribution in [2.24, 2.45) is 4.99 Å². The number of nitrogens with zero attached hydrogens (tertiary/aromatic N) is 2. The Hall–Kier alpha value is -3.28. The van der Waals surface area contributed by atoms with Crippen molar-refractivity contribution in [1.82, 2.24) is 15.6 Å². The van der Waals surface area contributed by atoms with Crippen LogP contribution in [0.2, 0.25) is 0 Å². The van der Waals surface area contributed by atoms with Crippen molar-refractivity contribution in [1.29, 1.82) is 0 Å². The quantitative estimate of drug-likeness (QED) is 0.517. The van der Waals surface area contributed by atoms with Gasteiger partial charge >= 0.3 is 0 Å². The first-order valence-corrected chi connectivity index (χ1v) is 8.77. The Kier molecular flexibility index (Phi) is 6.10. The summed E-state index contributed by atoms with van der Waals surface area (Å²) in [7, 11) is 3.42. The fourth-order valence-corrected chi connectivity index (χ4v) is 2.67. The second kappa shape index (κ2) is 8.89. The Balaban J connectivity index is 1.56. The normalized spacial score (nSPS) is 11.3. The largest absolute Gasteiger partial charge is 0.496 e. The molecule has 27 heavy (non-hydrogen) atoms. The third kappa shape index (κ3) is 4.88. The van der Waals surface area contributed by atoms with E-state index in [1.807, 2.05) is 43.3 Å². The van der Waals surface area contributed by atoms with E-state index in [-0.39, 0.29) is 0 Å². The summed E-state index contributed by atoms with van der Waals surface area (Å²) in [5.74, 6) is 2.16. The molecule has 3 aromatic rings. The number of guanidine groups is 1. The molecule has 1 aromatic heterocycles. The standard InChI is InChI=1S/C21H24N4O2/c1-15-9-10-17(19(11-15)26-3)12-23-21(22-2)24-13-18-14-27-20(25-18)16-7-5-4-6-8-16/h4-11,14H,12-13H2,1-3H3,(H2,22,23,24). The van der Waals surface area contributed by atoms with Crippen molar-refractivity contribution in [3.8, 4) is 17.2 Å². The lowest BCUT2D eigenvalue weighted by Gasteiger charge is -2.13. The second-order valence-corrected chi connectivity index (χ2v) is 6.10. The van der Waals surface area contributed by atoms with Crippen LogP contribution in [0.4, 0.5) is 0 Å². The SMILES string of the molecule is CN=C(NCc1coc(-c2ccccc2)n1)NCc1ccc(C)cc1OC. The van der Waals surface area contributed by atoms with Gasteiger partial charge in [-0.25, -0.2) is 4.98 Å². The van der Waals surface area contributed by atoms with Gasteiger partial charge in [0.15, 0.2) is 5.96 Å². The molecular weight excluding hydrogens is 340 g/mol. The van der Waals surface area contributed by atoms with Crippen LogP contribution < -0.4 is 15.4 Å². The lowest BCUT2D eigenvalue weighted by Crippen LogP contribution is -2.36.